The number of nitrogens with zero attached hydrogens (tertiary/aromatic N) is 1. The highest BCUT2D eigenvalue weighted by molar-refractivity contribution is 5.98. The molecule has 3 rings (SSSR count). The van der Waals surface area contributed by atoms with Gasteiger partial charge < -0.3 is 4.90 Å². The first kappa shape index (κ1) is 17.5. The minimum Gasteiger partial charge on any atom is -0.302 e. The Labute approximate surface area is 146 Å². The molecule has 1 heterocycles. The second kappa shape index (κ2) is 7.28. The maximum absolute atomic E-state index is 13.7. The van der Waals surface area contributed by atoms with E-state index >= 15 is 0 Å². The fourth-order valence-electron chi connectivity index (χ4n) is 3.35. The first-order valence-electron chi connectivity index (χ1n) is 8.39. The first-order chi connectivity index (χ1) is 12.0. The number of halogens is 2. The third kappa shape index (κ3) is 3.85. The van der Waals surface area contributed by atoms with Crippen molar-refractivity contribution < 1.29 is 13.6 Å². The lowest BCUT2D eigenvalue weighted by Gasteiger charge is -2.26. The molecule has 25 heavy (non-hydrogen) atoms. The molecular formula is C21H21F2NO. The molecule has 0 unspecified atom stereocenters. The summed E-state index contributed by atoms with van der Waals surface area (Å²) in [5, 5.41) is 0. The summed E-state index contributed by atoms with van der Waals surface area (Å²) in [6.45, 7) is 4.13. The number of rotatable bonds is 4. The van der Waals surface area contributed by atoms with Crippen molar-refractivity contribution >= 4 is 11.4 Å². The summed E-state index contributed by atoms with van der Waals surface area (Å²) in [6, 6.07) is 11.2. The average Bonchev–Trinajstić information content (AvgIpc) is 2.56. The number of likely N-dealkylation sites (N-methyl/N-ethyl adjacent to an activating group) is 1. The van der Waals surface area contributed by atoms with Gasteiger partial charge in [0.25, 0.3) is 0 Å². The zero-order valence-electron chi connectivity index (χ0n) is 14.5. The molecule has 0 fully saturated rings. The normalized spacial score (nSPS) is 15.5. The molecule has 0 aromatic heterocycles. The van der Waals surface area contributed by atoms with Gasteiger partial charge in [-0.05, 0) is 49.2 Å². The number of hydrogen-bond donors (Lipinski definition) is 0. The third-order valence-electron chi connectivity index (χ3n) is 4.67. The number of carbonyl (C=O) groups excluding carboxylic acids is 1. The van der Waals surface area contributed by atoms with Crippen LogP contribution in [0.4, 0.5) is 8.78 Å². The Morgan fingerprint density at radius 1 is 1.08 bits per heavy atom. The second-order valence-corrected chi connectivity index (χ2v) is 6.64. The molecule has 0 bridgehead atoms. The van der Waals surface area contributed by atoms with Gasteiger partial charge in [0.05, 0.1) is 5.56 Å². The van der Waals surface area contributed by atoms with Gasteiger partial charge in [-0.25, -0.2) is 8.78 Å². The van der Waals surface area contributed by atoms with Gasteiger partial charge in [0, 0.05) is 19.5 Å². The molecule has 2 aromatic carbocycles. The van der Waals surface area contributed by atoms with Crippen molar-refractivity contribution in [3.63, 3.8) is 0 Å². The van der Waals surface area contributed by atoms with Gasteiger partial charge >= 0.3 is 0 Å². The summed E-state index contributed by atoms with van der Waals surface area (Å²) in [5.41, 5.74) is 4.14. The van der Waals surface area contributed by atoms with Crippen LogP contribution >= 0.6 is 0 Å². The minimum atomic E-state index is -0.811. The van der Waals surface area contributed by atoms with E-state index in [1.807, 2.05) is 24.3 Å². The summed E-state index contributed by atoms with van der Waals surface area (Å²) < 4.78 is 27.4. The van der Waals surface area contributed by atoms with Crippen LogP contribution in [0.5, 0.6) is 0 Å². The van der Waals surface area contributed by atoms with Crippen molar-refractivity contribution in [3.05, 3.63) is 76.4 Å². The lowest BCUT2D eigenvalue weighted by Crippen LogP contribution is -2.26. The Balaban J connectivity index is 1.77. The summed E-state index contributed by atoms with van der Waals surface area (Å²) in [6.07, 6.45) is 0.986. The Bertz CT molecular complexity index is 804. The molecule has 0 spiro atoms. The maximum Gasteiger partial charge on any atom is 0.173 e. The lowest BCUT2D eigenvalue weighted by molar-refractivity contribution is 0.0985. The average molecular weight is 341 g/mol. The van der Waals surface area contributed by atoms with Crippen molar-refractivity contribution in [1.29, 1.82) is 0 Å². The summed E-state index contributed by atoms with van der Waals surface area (Å²) in [7, 11) is 2.11. The maximum atomic E-state index is 13.7. The minimum absolute atomic E-state index is 0.0150. The van der Waals surface area contributed by atoms with Crippen LogP contribution in [0.25, 0.3) is 5.57 Å². The molecule has 2 nitrogen and oxygen atoms in total. The van der Waals surface area contributed by atoms with Crippen LogP contribution in [0.3, 0.4) is 0 Å². The van der Waals surface area contributed by atoms with Gasteiger partial charge in [-0.15, -0.1) is 0 Å². The van der Waals surface area contributed by atoms with Crippen LogP contribution in [0.2, 0.25) is 0 Å². The Hall–Kier alpha value is -2.33. The first-order valence-corrected chi connectivity index (χ1v) is 8.39. The highest BCUT2D eigenvalue weighted by atomic mass is 19.1. The molecule has 1 aliphatic heterocycles. The summed E-state index contributed by atoms with van der Waals surface area (Å²) in [4.78, 5) is 14.5. The number of Topliss-reactive ketones (excluding diaryl/α,β-unsaturated/α-hetero) is 1. The van der Waals surface area contributed by atoms with Crippen molar-refractivity contribution in [2.45, 2.75) is 19.8 Å². The van der Waals surface area contributed by atoms with Gasteiger partial charge in [0.1, 0.15) is 11.6 Å². The monoisotopic (exact) mass is 341 g/mol. The second-order valence-electron chi connectivity index (χ2n) is 6.64. The van der Waals surface area contributed by atoms with Crippen molar-refractivity contribution in [2.75, 3.05) is 20.1 Å². The quantitative estimate of drug-likeness (QED) is 0.763. The van der Waals surface area contributed by atoms with E-state index in [1.165, 1.54) is 17.2 Å². The molecule has 0 atom stereocenters. The van der Waals surface area contributed by atoms with Gasteiger partial charge in [-0.3, -0.25) is 4.79 Å². The van der Waals surface area contributed by atoms with E-state index in [2.05, 4.69) is 18.9 Å². The van der Waals surface area contributed by atoms with Crippen LogP contribution in [0.15, 0.2) is 48.0 Å². The Morgan fingerprint density at radius 2 is 1.72 bits per heavy atom. The number of hydrogen-bond acceptors (Lipinski definition) is 2. The van der Waals surface area contributed by atoms with Gasteiger partial charge in [0.15, 0.2) is 5.78 Å². The van der Waals surface area contributed by atoms with Crippen LogP contribution in [-0.4, -0.2) is 30.8 Å². The molecule has 0 radical (unpaired) electrons. The van der Waals surface area contributed by atoms with Crippen LogP contribution in [0, 0.1) is 11.6 Å². The van der Waals surface area contributed by atoms with Gasteiger partial charge in [-0.2, -0.15) is 0 Å². The molecule has 0 N–H and O–H groups in total. The molecule has 1 aliphatic rings. The molecule has 0 saturated heterocycles. The molecule has 2 aromatic rings. The molecule has 0 saturated carbocycles. The zero-order valence-corrected chi connectivity index (χ0v) is 14.5. The Morgan fingerprint density at radius 3 is 2.32 bits per heavy atom. The van der Waals surface area contributed by atoms with E-state index in [-0.39, 0.29) is 6.42 Å². The lowest BCUT2D eigenvalue weighted by atomic mass is 9.93. The highest BCUT2D eigenvalue weighted by Gasteiger charge is 2.18. The largest absolute Gasteiger partial charge is 0.302 e. The van der Waals surface area contributed by atoms with Crippen molar-refractivity contribution in [3.8, 4) is 0 Å². The van der Waals surface area contributed by atoms with E-state index in [1.54, 1.807) is 0 Å². The molecule has 0 aliphatic carbocycles. The van der Waals surface area contributed by atoms with Crippen LogP contribution in [-0.2, 0) is 6.42 Å². The number of benzene rings is 2. The van der Waals surface area contributed by atoms with Gasteiger partial charge in [-0.1, -0.05) is 35.9 Å². The number of ketones is 1. The SMILES string of the molecule is CC1=C(c2ccc(CC(=O)c3c(F)cccc3F)cc2)CCN(C)C1. The number of carbonyl (C=O) groups is 1. The third-order valence-corrected chi connectivity index (χ3v) is 4.67. The van der Waals surface area contributed by atoms with Gasteiger partial charge in [0.2, 0.25) is 0 Å². The van der Waals surface area contributed by atoms with Crippen molar-refractivity contribution in [1.82, 2.24) is 4.90 Å². The summed E-state index contributed by atoms with van der Waals surface area (Å²) in [5.74, 6) is -2.17. The zero-order chi connectivity index (χ0) is 18.0. The summed E-state index contributed by atoms with van der Waals surface area (Å²) >= 11 is 0. The van der Waals surface area contributed by atoms with Crippen molar-refractivity contribution in [2.24, 2.45) is 0 Å². The van der Waals surface area contributed by atoms with E-state index < -0.39 is 23.0 Å². The molecule has 130 valence electrons. The van der Waals surface area contributed by atoms with E-state index in [0.717, 1.165) is 42.8 Å². The molecule has 4 heteroatoms. The van der Waals surface area contributed by atoms with Crippen LogP contribution in [0.1, 0.15) is 34.8 Å². The predicted octanol–water partition coefficient (Wildman–Crippen LogP) is 4.50. The fraction of sp³-hybridized carbons (Fsp3) is 0.286. The standard InChI is InChI=1S/C21H21F2NO/c1-14-13-24(2)11-10-17(14)16-8-6-15(7-9-16)12-20(25)21-18(22)4-3-5-19(21)23/h3-9H,10-13H2,1-2H3. The van der Waals surface area contributed by atoms with E-state index in [0.29, 0.717) is 0 Å². The predicted molar refractivity (Wildman–Crippen MR) is 95.5 cm³/mol. The molecule has 0 amide bonds. The van der Waals surface area contributed by atoms with E-state index in [9.17, 15) is 13.6 Å². The smallest absolute Gasteiger partial charge is 0.173 e. The molecular weight excluding hydrogens is 320 g/mol. The Kier molecular flexibility index (Phi) is 5.09. The highest BCUT2D eigenvalue weighted by Crippen LogP contribution is 2.27. The fourth-order valence-corrected chi connectivity index (χ4v) is 3.35. The topological polar surface area (TPSA) is 20.3 Å². The van der Waals surface area contributed by atoms with Crippen LogP contribution < -0.4 is 0 Å². The van der Waals surface area contributed by atoms with E-state index in [4.69, 9.17) is 0 Å².